The van der Waals surface area contributed by atoms with E-state index in [0.29, 0.717) is 23.3 Å². The second-order valence-electron chi connectivity index (χ2n) is 14.7. The number of esters is 3. The zero-order valence-electron chi connectivity index (χ0n) is 34.7. The molecular formula is C43H61N3O10. The second-order valence-corrected chi connectivity index (χ2v) is 14.7. The Morgan fingerprint density at radius 2 is 0.875 bits per heavy atom. The lowest BCUT2D eigenvalue weighted by atomic mass is 9.88. The van der Waals surface area contributed by atoms with Crippen LogP contribution in [0.15, 0.2) is 72.8 Å². The molecule has 3 rings (SSSR count). The van der Waals surface area contributed by atoms with Crippen molar-refractivity contribution in [1.82, 2.24) is 0 Å². The van der Waals surface area contributed by atoms with E-state index in [0.717, 1.165) is 17.1 Å². The van der Waals surface area contributed by atoms with Crippen molar-refractivity contribution in [1.29, 1.82) is 0 Å². The molecule has 0 aliphatic heterocycles. The molecule has 308 valence electrons. The Bertz CT molecular complexity index is 1550. The first kappa shape index (κ1) is 45.5. The van der Waals surface area contributed by atoms with Crippen LogP contribution in [0.25, 0.3) is 0 Å². The van der Waals surface area contributed by atoms with Crippen LogP contribution in [0.3, 0.4) is 0 Å². The van der Waals surface area contributed by atoms with Gasteiger partial charge in [-0.05, 0) is 100.0 Å². The van der Waals surface area contributed by atoms with Crippen molar-refractivity contribution in [3.05, 3.63) is 83.9 Å². The zero-order chi connectivity index (χ0) is 41.3. The molecule has 0 spiro atoms. The molecule has 0 fully saturated rings. The highest BCUT2D eigenvalue weighted by atomic mass is 16.6. The van der Waals surface area contributed by atoms with Crippen LogP contribution < -0.4 is 19.4 Å². The lowest BCUT2D eigenvalue weighted by Gasteiger charge is -2.33. The minimum atomic E-state index is -0.622. The highest BCUT2D eigenvalue weighted by Crippen LogP contribution is 2.25. The molecule has 0 saturated heterocycles. The average molecular weight is 780 g/mol. The lowest BCUT2D eigenvalue weighted by Crippen LogP contribution is -2.39. The fourth-order valence-electron chi connectivity index (χ4n) is 5.39. The van der Waals surface area contributed by atoms with Crippen molar-refractivity contribution >= 4 is 35.0 Å². The van der Waals surface area contributed by atoms with Gasteiger partial charge >= 0.3 is 17.9 Å². The fourth-order valence-corrected chi connectivity index (χ4v) is 5.39. The first-order valence-electron chi connectivity index (χ1n) is 18.9. The summed E-state index contributed by atoms with van der Waals surface area (Å²) in [5.41, 5.74) is 3.25. The highest BCUT2D eigenvalue weighted by Gasteiger charge is 2.31. The van der Waals surface area contributed by atoms with Gasteiger partial charge in [0.05, 0.1) is 50.8 Å². The van der Waals surface area contributed by atoms with E-state index in [2.05, 4.69) is 0 Å². The number of benzene rings is 3. The summed E-state index contributed by atoms with van der Waals surface area (Å²) in [6.45, 7) is 8.16. The van der Waals surface area contributed by atoms with E-state index < -0.39 is 41.6 Å². The van der Waals surface area contributed by atoms with E-state index in [-0.39, 0.29) is 46.2 Å². The van der Waals surface area contributed by atoms with Crippen molar-refractivity contribution in [3.63, 3.8) is 0 Å². The van der Waals surface area contributed by atoms with Crippen LogP contribution in [0.4, 0.5) is 17.1 Å². The van der Waals surface area contributed by atoms with Gasteiger partial charge in [-0.15, -0.1) is 0 Å². The van der Waals surface area contributed by atoms with Crippen LogP contribution >= 0.6 is 0 Å². The normalized spacial score (nSPS) is 13.8. The van der Waals surface area contributed by atoms with Gasteiger partial charge in [0, 0.05) is 64.8 Å². The average Bonchev–Trinajstić information content (AvgIpc) is 3.17. The largest absolute Gasteiger partial charge is 0.482 e. The SMILES string of the molecule is CCC(COCC(C)OC(=O)COc1ccc(N(C)C)cc1)(COCC(C)OC(=O)c1ccc(N(C)C)cc1)COCC(C)OC(=O)c1ccc(N(C)C)cc1. The van der Waals surface area contributed by atoms with Crippen molar-refractivity contribution < 1.29 is 47.5 Å². The molecule has 0 saturated carbocycles. The van der Waals surface area contributed by atoms with Crippen LogP contribution in [0.1, 0.15) is 54.8 Å². The predicted octanol–water partition coefficient (Wildman–Crippen LogP) is 6.13. The number of anilines is 3. The van der Waals surface area contributed by atoms with Crippen LogP contribution in [0.5, 0.6) is 5.75 Å². The van der Waals surface area contributed by atoms with Crippen LogP contribution in [-0.4, -0.2) is 125 Å². The highest BCUT2D eigenvalue weighted by molar-refractivity contribution is 5.90. The van der Waals surface area contributed by atoms with Gasteiger partial charge in [0.1, 0.15) is 24.1 Å². The van der Waals surface area contributed by atoms with Gasteiger partial charge in [0.25, 0.3) is 0 Å². The monoisotopic (exact) mass is 779 g/mol. The van der Waals surface area contributed by atoms with Crippen LogP contribution in [0, 0.1) is 5.41 Å². The van der Waals surface area contributed by atoms with Gasteiger partial charge in [-0.3, -0.25) is 0 Å². The first-order valence-corrected chi connectivity index (χ1v) is 18.9. The number of nitrogens with zero attached hydrogens (tertiary/aromatic N) is 3. The van der Waals surface area contributed by atoms with E-state index in [1.54, 1.807) is 57.2 Å². The minimum absolute atomic E-state index is 0.131. The Hall–Kier alpha value is -4.85. The van der Waals surface area contributed by atoms with Gasteiger partial charge in [-0.2, -0.15) is 0 Å². The number of hydrogen-bond acceptors (Lipinski definition) is 13. The molecule has 0 radical (unpaired) electrons. The molecule has 0 aromatic heterocycles. The molecule has 0 heterocycles. The van der Waals surface area contributed by atoms with Crippen LogP contribution in [-0.2, 0) is 33.2 Å². The van der Waals surface area contributed by atoms with Gasteiger partial charge in [0.15, 0.2) is 6.61 Å². The molecule has 56 heavy (non-hydrogen) atoms. The lowest BCUT2D eigenvalue weighted by molar-refractivity contribution is -0.155. The maximum atomic E-state index is 12.8. The van der Waals surface area contributed by atoms with E-state index in [9.17, 15) is 14.4 Å². The summed E-state index contributed by atoms with van der Waals surface area (Å²) in [4.78, 5) is 44.0. The molecule has 13 heteroatoms. The summed E-state index contributed by atoms with van der Waals surface area (Å²) < 4.78 is 40.8. The zero-order valence-corrected chi connectivity index (χ0v) is 34.7. The molecule has 3 unspecified atom stereocenters. The number of carbonyl (C=O) groups excluding carboxylic acids is 3. The van der Waals surface area contributed by atoms with E-state index in [1.807, 2.05) is 100 Å². The maximum Gasteiger partial charge on any atom is 0.344 e. The summed E-state index contributed by atoms with van der Waals surface area (Å²) in [5.74, 6) is -0.823. The molecule has 3 aromatic rings. The fraction of sp³-hybridized carbons (Fsp3) is 0.512. The number of hydrogen-bond donors (Lipinski definition) is 0. The Morgan fingerprint density at radius 3 is 1.21 bits per heavy atom. The van der Waals surface area contributed by atoms with Crippen molar-refractivity contribution in [3.8, 4) is 5.75 Å². The molecular weight excluding hydrogens is 718 g/mol. The molecule has 0 N–H and O–H groups in total. The molecule has 0 bridgehead atoms. The third-order valence-electron chi connectivity index (χ3n) is 8.93. The van der Waals surface area contributed by atoms with Gasteiger partial charge in [0.2, 0.25) is 0 Å². The maximum absolute atomic E-state index is 12.8. The topological polar surface area (TPSA) is 126 Å². The van der Waals surface area contributed by atoms with Crippen molar-refractivity contribution in [2.45, 2.75) is 52.4 Å². The van der Waals surface area contributed by atoms with Crippen molar-refractivity contribution in [2.75, 3.05) is 103 Å². The summed E-state index contributed by atoms with van der Waals surface area (Å²) in [5, 5.41) is 0. The Kier molecular flexibility index (Phi) is 18.4. The molecule has 0 amide bonds. The van der Waals surface area contributed by atoms with E-state index in [1.165, 1.54) is 0 Å². The first-order chi connectivity index (χ1) is 26.6. The molecule has 3 aromatic carbocycles. The molecule has 3 atom stereocenters. The quantitative estimate of drug-likeness (QED) is 0.0766. The van der Waals surface area contributed by atoms with Gasteiger partial charge in [-0.1, -0.05) is 6.92 Å². The van der Waals surface area contributed by atoms with Gasteiger partial charge < -0.3 is 47.9 Å². The minimum Gasteiger partial charge on any atom is -0.482 e. The van der Waals surface area contributed by atoms with Crippen LogP contribution in [0.2, 0.25) is 0 Å². The second kappa shape index (κ2) is 22.6. The van der Waals surface area contributed by atoms with Crippen molar-refractivity contribution in [2.24, 2.45) is 5.41 Å². The third-order valence-corrected chi connectivity index (χ3v) is 8.93. The Labute approximate surface area is 332 Å². The molecule has 13 nitrogen and oxygen atoms in total. The summed E-state index contributed by atoms with van der Waals surface area (Å²) in [6, 6.07) is 21.8. The summed E-state index contributed by atoms with van der Waals surface area (Å²) in [7, 11) is 11.6. The standard InChI is InChI=1S/C43H61N3O10/c1-11-43(29-51-25-32(3)55-41(48)34-12-16-36(17-13-34)44(5)6,30-52-26-33(4)56-42(49)35-14-18-37(19-15-35)45(7)8)28-50-24-31(2)54-40(47)27-53-39-22-20-38(21-23-39)46(9)10/h12-23,31-33H,11,24-30H2,1-10H3. The number of carbonyl (C=O) groups is 3. The predicted molar refractivity (Wildman–Crippen MR) is 218 cm³/mol. The number of ether oxygens (including phenoxy) is 7. The van der Waals surface area contributed by atoms with E-state index in [4.69, 9.17) is 33.2 Å². The Morgan fingerprint density at radius 1 is 0.536 bits per heavy atom. The smallest absolute Gasteiger partial charge is 0.344 e. The third kappa shape index (κ3) is 15.4. The summed E-state index contributed by atoms with van der Waals surface area (Å²) in [6.07, 6.45) is -0.978. The van der Waals surface area contributed by atoms with E-state index >= 15 is 0 Å². The number of rotatable bonds is 24. The Balaban J connectivity index is 1.55. The molecule has 0 aliphatic rings. The van der Waals surface area contributed by atoms with Gasteiger partial charge in [-0.25, -0.2) is 14.4 Å². The molecule has 0 aliphatic carbocycles. The summed E-state index contributed by atoms with van der Waals surface area (Å²) >= 11 is 0.